The van der Waals surface area contributed by atoms with Crippen molar-refractivity contribution in [3.63, 3.8) is 0 Å². The molecule has 14 heavy (non-hydrogen) atoms. The maximum absolute atomic E-state index is 13.5. The minimum Gasteiger partial charge on any atom is -0.388 e. The van der Waals surface area contributed by atoms with Crippen LogP contribution in [0.5, 0.6) is 0 Å². The molecule has 78 valence electrons. The maximum Gasteiger partial charge on any atom is 0.129 e. The first-order valence-electron chi connectivity index (χ1n) is 5.01. The highest BCUT2D eigenvalue weighted by Gasteiger charge is 2.14. The third-order valence-electron chi connectivity index (χ3n) is 2.38. The van der Waals surface area contributed by atoms with Crippen LogP contribution in [0.1, 0.15) is 42.6 Å². The van der Waals surface area contributed by atoms with E-state index < -0.39 is 6.10 Å². The Hall–Kier alpha value is -0.890. The molecule has 0 aromatic heterocycles. The van der Waals surface area contributed by atoms with E-state index in [2.05, 4.69) is 0 Å². The van der Waals surface area contributed by atoms with Crippen LogP contribution in [0.3, 0.4) is 0 Å². The summed E-state index contributed by atoms with van der Waals surface area (Å²) in [6.45, 7) is 5.67. The zero-order chi connectivity index (χ0) is 10.7. The van der Waals surface area contributed by atoms with Crippen molar-refractivity contribution in [3.8, 4) is 0 Å². The number of halogens is 1. The van der Waals surface area contributed by atoms with E-state index in [9.17, 15) is 9.50 Å². The molecule has 0 bridgehead atoms. The SMILES string of the molecule is CCCC(O)c1c(C)cc(C)cc1F. The van der Waals surface area contributed by atoms with E-state index in [1.807, 2.05) is 26.8 Å². The molecule has 1 aromatic rings. The third-order valence-corrected chi connectivity index (χ3v) is 2.38. The fourth-order valence-electron chi connectivity index (χ4n) is 1.77. The van der Waals surface area contributed by atoms with Crippen LogP contribution in [0, 0.1) is 19.7 Å². The molecule has 2 heteroatoms. The second-order valence-electron chi connectivity index (χ2n) is 3.78. The Morgan fingerprint density at radius 3 is 2.50 bits per heavy atom. The van der Waals surface area contributed by atoms with Crippen molar-refractivity contribution in [1.82, 2.24) is 0 Å². The first-order chi connectivity index (χ1) is 6.56. The topological polar surface area (TPSA) is 20.2 Å². The lowest BCUT2D eigenvalue weighted by Gasteiger charge is -2.14. The second kappa shape index (κ2) is 4.56. The molecule has 0 saturated heterocycles. The van der Waals surface area contributed by atoms with Crippen molar-refractivity contribution in [2.45, 2.75) is 39.7 Å². The van der Waals surface area contributed by atoms with Crippen LogP contribution < -0.4 is 0 Å². The molecule has 0 spiro atoms. The molecule has 0 radical (unpaired) electrons. The standard InChI is InChI=1S/C12H17FO/c1-4-5-11(14)12-9(3)6-8(2)7-10(12)13/h6-7,11,14H,4-5H2,1-3H3. The zero-order valence-corrected chi connectivity index (χ0v) is 8.97. The third kappa shape index (κ3) is 2.32. The molecule has 1 nitrogen and oxygen atoms in total. The van der Waals surface area contributed by atoms with Gasteiger partial charge in [-0.1, -0.05) is 19.4 Å². The van der Waals surface area contributed by atoms with E-state index in [1.54, 1.807) is 0 Å². The molecule has 1 rings (SSSR count). The Morgan fingerprint density at radius 1 is 1.36 bits per heavy atom. The van der Waals surface area contributed by atoms with Crippen LogP contribution in [0.25, 0.3) is 0 Å². The molecule has 1 unspecified atom stereocenters. The number of rotatable bonds is 3. The lowest BCUT2D eigenvalue weighted by molar-refractivity contribution is 0.161. The summed E-state index contributed by atoms with van der Waals surface area (Å²) in [5, 5.41) is 9.73. The van der Waals surface area contributed by atoms with Crippen molar-refractivity contribution >= 4 is 0 Å². The van der Waals surface area contributed by atoms with Gasteiger partial charge in [0.25, 0.3) is 0 Å². The first kappa shape index (κ1) is 11.2. The molecule has 0 heterocycles. The van der Waals surface area contributed by atoms with Gasteiger partial charge in [0, 0.05) is 5.56 Å². The average molecular weight is 196 g/mol. The van der Waals surface area contributed by atoms with Crippen LogP contribution >= 0.6 is 0 Å². The molecule has 0 saturated carbocycles. The van der Waals surface area contributed by atoms with Crippen molar-refractivity contribution in [1.29, 1.82) is 0 Å². The molecular formula is C12H17FO. The lowest BCUT2D eigenvalue weighted by Crippen LogP contribution is -2.03. The highest BCUT2D eigenvalue weighted by atomic mass is 19.1. The minimum absolute atomic E-state index is 0.288. The molecule has 0 aliphatic carbocycles. The summed E-state index contributed by atoms with van der Waals surface area (Å²) in [5.41, 5.74) is 2.19. The number of hydrogen-bond acceptors (Lipinski definition) is 1. The van der Waals surface area contributed by atoms with Crippen LogP contribution in [-0.4, -0.2) is 5.11 Å². The summed E-state index contributed by atoms with van der Waals surface area (Å²) in [5.74, 6) is -0.288. The van der Waals surface area contributed by atoms with E-state index in [1.165, 1.54) is 6.07 Å². The zero-order valence-electron chi connectivity index (χ0n) is 8.97. The normalized spacial score (nSPS) is 12.9. The van der Waals surface area contributed by atoms with Crippen molar-refractivity contribution in [2.24, 2.45) is 0 Å². The predicted molar refractivity (Wildman–Crippen MR) is 55.7 cm³/mol. The largest absolute Gasteiger partial charge is 0.388 e. The Kier molecular flexibility index (Phi) is 3.64. The fourth-order valence-corrected chi connectivity index (χ4v) is 1.77. The van der Waals surface area contributed by atoms with Gasteiger partial charge in [0.2, 0.25) is 0 Å². The highest BCUT2D eigenvalue weighted by molar-refractivity contribution is 5.33. The molecule has 0 aliphatic rings. The van der Waals surface area contributed by atoms with E-state index in [-0.39, 0.29) is 5.82 Å². The van der Waals surface area contributed by atoms with Gasteiger partial charge in [0.15, 0.2) is 0 Å². The summed E-state index contributed by atoms with van der Waals surface area (Å²) in [6, 6.07) is 3.37. The van der Waals surface area contributed by atoms with Gasteiger partial charge in [-0.25, -0.2) is 4.39 Å². The Bertz CT molecular complexity index is 297. The lowest BCUT2D eigenvalue weighted by atomic mass is 9.98. The number of aliphatic hydroxyl groups excluding tert-OH is 1. The molecule has 1 atom stereocenters. The van der Waals surface area contributed by atoms with Crippen LogP contribution in [0.15, 0.2) is 12.1 Å². The Morgan fingerprint density at radius 2 is 2.00 bits per heavy atom. The number of hydrogen-bond donors (Lipinski definition) is 1. The van der Waals surface area contributed by atoms with Gasteiger partial charge in [0.05, 0.1) is 6.10 Å². The smallest absolute Gasteiger partial charge is 0.129 e. The van der Waals surface area contributed by atoms with Crippen molar-refractivity contribution in [3.05, 3.63) is 34.6 Å². The minimum atomic E-state index is -0.666. The Balaban J connectivity index is 3.07. The molecule has 0 amide bonds. The van der Waals surface area contributed by atoms with Gasteiger partial charge in [0.1, 0.15) is 5.82 Å². The quantitative estimate of drug-likeness (QED) is 0.786. The summed E-state index contributed by atoms with van der Waals surface area (Å²) in [4.78, 5) is 0. The summed E-state index contributed by atoms with van der Waals surface area (Å²) >= 11 is 0. The fraction of sp³-hybridized carbons (Fsp3) is 0.500. The maximum atomic E-state index is 13.5. The van der Waals surface area contributed by atoms with Gasteiger partial charge < -0.3 is 5.11 Å². The van der Waals surface area contributed by atoms with Crippen molar-refractivity contribution in [2.75, 3.05) is 0 Å². The molecule has 1 N–H and O–H groups in total. The summed E-state index contributed by atoms with van der Waals surface area (Å²) in [7, 11) is 0. The van der Waals surface area contributed by atoms with Crippen LogP contribution in [0.2, 0.25) is 0 Å². The average Bonchev–Trinajstić information content (AvgIpc) is 2.01. The van der Waals surface area contributed by atoms with E-state index >= 15 is 0 Å². The van der Waals surface area contributed by atoms with E-state index in [0.29, 0.717) is 12.0 Å². The number of aryl methyl sites for hydroxylation is 2. The van der Waals surface area contributed by atoms with Gasteiger partial charge in [-0.2, -0.15) is 0 Å². The number of aliphatic hydroxyl groups is 1. The van der Waals surface area contributed by atoms with E-state index in [4.69, 9.17) is 0 Å². The number of benzene rings is 1. The molecule has 1 aromatic carbocycles. The Labute approximate surface area is 84.6 Å². The second-order valence-corrected chi connectivity index (χ2v) is 3.78. The highest BCUT2D eigenvalue weighted by Crippen LogP contribution is 2.25. The molecule has 0 aliphatic heterocycles. The molecule has 0 fully saturated rings. The summed E-state index contributed by atoms with van der Waals surface area (Å²) < 4.78 is 13.5. The van der Waals surface area contributed by atoms with Gasteiger partial charge in [-0.15, -0.1) is 0 Å². The predicted octanol–water partition coefficient (Wildman–Crippen LogP) is 3.28. The van der Waals surface area contributed by atoms with Crippen LogP contribution in [-0.2, 0) is 0 Å². The van der Waals surface area contributed by atoms with Gasteiger partial charge in [-0.3, -0.25) is 0 Å². The summed E-state index contributed by atoms with van der Waals surface area (Å²) in [6.07, 6.45) is 0.801. The van der Waals surface area contributed by atoms with Crippen molar-refractivity contribution < 1.29 is 9.50 Å². The van der Waals surface area contributed by atoms with Gasteiger partial charge in [-0.05, 0) is 37.5 Å². The molecular weight excluding hydrogens is 179 g/mol. The first-order valence-corrected chi connectivity index (χ1v) is 5.01. The van der Waals surface area contributed by atoms with Gasteiger partial charge >= 0.3 is 0 Å². The van der Waals surface area contributed by atoms with E-state index in [0.717, 1.165) is 17.5 Å². The monoisotopic (exact) mass is 196 g/mol. The van der Waals surface area contributed by atoms with Crippen LogP contribution in [0.4, 0.5) is 4.39 Å².